The minimum atomic E-state index is -0.315. The fraction of sp³-hybridized carbons (Fsp3) is 0.500. The van der Waals surface area contributed by atoms with Crippen LogP contribution in [0.15, 0.2) is 18.2 Å². The molecule has 0 saturated heterocycles. The largest absolute Gasteiger partial charge is 0.323 e. The summed E-state index contributed by atoms with van der Waals surface area (Å²) in [7, 11) is 0. The van der Waals surface area contributed by atoms with Crippen molar-refractivity contribution in [3.05, 3.63) is 34.6 Å². The quantitative estimate of drug-likeness (QED) is 0.871. The first-order chi connectivity index (χ1) is 7.50. The Morgan fingerprint density at radius 2 is 2.06 bits per heavy atom. The molecule has 4 heteroatoms. The highest BCUT2D eigenvalue weighted by atomic mass is 35.5. The zero-order valence-corrected chi connectivity index (χ0v) is 11.1. The van der Waals surface area contributed by atoms with E-state index in [4.69, 9.17) is 17.3 Å². The van der Waals surface area contributed by atoms with E-state index in [0.29, 0.717) is 16.5 Å². The van der Waals surface area contributed by atoms with Crippen molar-refractivity contribution in [1.29, 1.82) is 0 Å². The van der Waals surface area contributed by atoms with Crippen LogP contribution in [-0.4, -0.2) is 11.5 Å². The molecule has 1 rings (SSSR count). The first kappa shape index (κ1) is 13.8. The monoisotopic (exact) mass is 261 g/mol. The Morgan fingerprint density at radius 1 is 1.38 bits per heavy atom. The highest BCUT2D eigenvalue weighted by Crippen LogP contribution is 2.22. The van der Waals surface area contributed by atoms with Crippen molar-refractivity contribution in [3.63, 3.8) is 0 Å². The van der Waals surface area contributed by atoms with Gasteiger partial charge >= 0.3 is 0 Å². The summed E-state index contributed by atoms with van der Waals surface area (Å²) in [5.74, 6) is 2.09. The second-order valence-electron chi connectivity index (χ2n) is 4.20. The van der Waals surface area contributed by atoms with Gasteiger partial charge in [-0.3, -0.25) is 0 Å². The van der Waals surface area contributed by atoms with Crippen molar-refractivity contribution in [2.75, 3.05) is 11.5 Å². The van der Waals surface area contributed by atoms with Crippen LogP contribution in [0.25, 0.3) is 0 Å². The lowest BCUT2D eigenvalue weighted by molar-refractivity contribution is 0.595. The highest BCUT2D eigenvalue weighted by Gasteiger charge is 2.11. The van der Waals surface area contributed by atoms with Gasteiger partial charge in [-0.1, -0.05) is 31.5 Å². The zero-order chi connectivity index (χ0) is 12.1. The van der Waals surface area contributed by atoms with Gasteiger partial charge in [0.05, 0.1) is 0 Å². The number of benzene rings is 1. The molecule has 0 aromatic heterocycles. The van der Waals surface area contributed by atoms with E-state index in [1.807, 2.05) is 0 Å². The number of hydrogen-bond donors (Lipinski definition) is 1. The lowest BCUT2D eigenvalue weighted by Crippen LogP contribution is -2.15. The van der Waals surface area contributed by atoms with E-state index >= 15 is 0 Å². The maximum atomic E-state index is 13.5. The van der Waals surface area contributed by atoms with Gasteiger partial charge in [-0.05, 0) is 23.8 Å². The lowest BCUT2D eigenvalue weighted by atomic mass is 10.1. The lowest BCUT2D eigenvalue weighted by Gasteiger charge is -2.13. The van der Waals surface area contributed by atoms with Gasteiger partial charge in [0.25, 0.3) is 0 Å². The molecule has 0 fully saturated rings. The Labute approximate surface area is 106 Å². The molecule has 0 bridgehead atoms. The Hall–Kier alpha value is -0.250. The highest BCUT2D eigenvalue weighted by molar-refractivity contribution is 7.99. The number of nitrogens with two attached hydrogens (primary N) is 1. The molecule has 0 spiro atoms. The molecule has 16 heavy (non-hydrogen) atoms. The van der Waals surface area contributed by atoms with Crippen LogP contribution in [0.3, 0.4) is 0 Å². The van der Waals surface area contributed by atoms with Gasteiger partial charge in [0.15, 0.2) is 0 Å². The van der Waals surface area contributed by atoms with E-state index < -0.39 is 0 Å². The average molecular weight is 262 g/mol. The molecule has 0 saturated carbocycles. The molecule has 1 atom stereocenters. The second kappa shape index (κ2) is 6.48. The average Bonchev–Trinajstić information content (AvgIpc) is 2.16. The van der Waals surface area contributed by atoms with Crippen LogP contribution in [0.2, 0.25) is 5.02 Å². The van der Waals surface area contributed by atoms with E-state index in [2.05, 4.69) is 13.8 Å². The molecule has 0 aliphatic carbocycles. The Morgan fingerprint density at radius 3 is 2.62 bits per heavy atom. The molecule has 1 unspecified atom stereocenters. The maximum Gasteiger partial charge on any atom is 0.129 e. The van der Waals surface area contributed by atoms with Crippen molar-refractivity contribution in [2.45, 2.75) is 19.9 Å². The molecular weight excluding hydrogens is 245 g/mol. The first-order valence-corrected chi connectivity index (χ1v) is 6.82. The predicted octanol–water partition coefficient (Wildman–Crippen LogP) is 3.87. The van der Waals surface area contributed by atoms with Crippen LogP contribution in [0, 0.1) is 11.7 Å². The van der Waals surface area contributed by atoms with Gasteiger partial charge in [-0.15, -0.1) is 0 Å². The maximum absolute atomic E-state index is 13.5. The summed E-state index contributed by atoms with van der Waals surface area (Å²) in [5.41, 5.74) is 6.47. The number of halogens is 2. The molecule has 0 heterocycles. The van der Waals surface area contributed by atoms with Crippen molar-refractivity contribution >= 4 is 23.4 Å². The summed E-state index contributed by atoms with van der Waals surface area (Å²) >= 11 is 7.43. The van der Waals surface area contributed by atoms with Crippen molar-refractivity contribution in [3.8, 4) is 0 Å². The van der Waals surface area contributed by atoms with Crippen molar-refractivity contribution in [2.24, 2.45) is 11.7 Å². The van der Waals surface area contributed by atoms with E-state index in [-0.39, 0.29) is 11.9 Å². The summed E-state index contributed by atoms with van der Waals surface area (Å²) in [6.45, 7) is 4.31. The third kappa shape index (κ3) is 4.32. The fourth-order valence-corrected chi connectivity index (χ4v) is 2.52. The van der Waals surface area contributed by atoms with E-state index in [0.717, 1.165) is 11.5 Å². The standard InChI is InChI=1S/C12H17ClFNS/c1-8(2)6-16-7-12(15)10-4-3-9(13)5-11(10)14/h3-5,8,12H,6-7,15H2,1-2H3. The summed E-state index contributed by atoms with van der Waals surface area (Å²) < 4.78 is 13.5. The molecule has 2 N–H and O–H groups in total. The van der Waals surface area contributed by atoms with Crippen LogP contribution >= 0.6 is 23.4 Å². The van der Waals surface area contributed by atoms with Crippen LogP contribution in [0.1, 0.15) is 25.5 Å². The third-order valence-corrected chi connectivity index (χ3v) is 3.84. The van der Waals surface area contributed by atoms with Crippen LogP contribution in [0.5, 0.6) is 0 Å². The van der Waals surface area contributed by atoms with Gasteiger partial charge in [0.2, 0.25) is 0 Å². The summed E-state index contributed by atoms with van der Waals surface area (Å²) in [6.07, 6.45) is 0. The molecule has 0 amide bonds. The predicted molar refractivity (Wildman–Crippen MR) is 70.5 cm³/mol. The van der Waals surface area contributed by atoms with Gasteiger partial charge in [-0.2, -0.15) is 11.8 Å². The molecule has 0 aliphatic rings. The van der Waals surface area contributed by atoms with Crippen LogP contribution in [-0.2, 0) is 0 Å². The van der Waals surface area contributed by atoms with Crippen molar-refractivity contribution in [1.82, 2.24) is 0 Å². The number of rotatable bonds is 5. The molecule has 0 aliphatic heterocycles. The minimum Gasteiger partial charge on any atom is -0.323 e. The van der Waals surface area contributed by atoms with E-state index in [1.165, 1.54) is 6.07 Å². The molecule has 1 nitrogen and oxygen atoms in total. The third-order valence-electron chi connectivity index (χ3n) is 2.11. The normalized spacial score (nSPS) is 13.1. The first-order valence-electron chi connectivity index (χ1n) is 5.29. The van der Waals surface area contributed by atoms with Gasteiger partial charge in [0, 0.05) is 22.4 Å². The van der Waals surface area contributed by atoms with Gasteiger partial charge in [0.1, 0.15) is 5.82 Å². The summed E-state index contributed by atoms with van der Waals surface area (Å²) in [6, 6.07) is 4.38. The van der Waals surface area contributed by atoms with E-state index in [9.17, 15) is 4.39 Å². The number of thioether (sulfide) groups is 1. The molecule has 1 aromatic rings. The van der Waals surface area contributed by atoms with Crippen molar-refractivity contribution < 1.29 is 4.39 Å². The molecule has 1 aromatic carbocycles. The summed E-state index contributed by atoms with van der Waals surface area (Å²) in [5, 5.41) is 0.406. The molecule has 90 valence electrons. The smallest absolute Gasteiger partial charge is 0.129 e. The Kier molecular flexibility index (Phi) is 5.59. The molecule has 0 radical (unpaired) electrons. The Balaban J connectivity index is 2.55. The van der Waals surface area contributed by atoms with Gasteiger partial charge < -0.3 is 5.73 Å². The van der Waals surface area contributed by atoms with E-state index in [1.54, 1.807) is 23.9 Å². The summed E-state index contributed by atoms with van der Waals surface area (Å²) in [4.78, 5) is 0. The number of hydrogen-bond acceptors (Lipinski definition) is 2. The Bertz CT molecular complexity index is 344. The SMILES string of the molecule is CC(C)CSCC(N)c1ccc(Cl)cc1F. The topological polar surface area (TPSA) is 26.0 Å². The van der Waals surface area contributed by atoms with Crippen LogP contribution < -0.4 is 5.73 Å². The second-order valence-corrected chi connectivity index (χ2v) is 5.71. The molecular formula is C12H17ClFNS. The zero-order valence-electron chi connectivity index (χ0n) is 9.54. The fourth-order valence-electron chi connectivity index (χ4n) is 1.32. The minimum absolute atomic E-state index is 0.263. The van der Waals surface area contributed by atoms with Crippen LogP contribution in [0.4, 0.5) is 4.39 Å². The van der Waals surface area contributed by atoms with Gasteiger partial charge in [-0.25, -0.2) is 4.39 Å².